The van der Waals surface area contributed by atoms with Crippen LogP contribution in [0.15, 0.2) is 23.1 Å². The molecule has 0 aliphatic heterocycles. The predicted octanol–water partition coefficient (Wildman–Crippen LogP) is 2.92. The Balaban J connectivity index is 3.00. The minimum absolute atomic E-state index is 0.198. The van der Waals surface area contributed by atoms with Crippen molar-refractivity contribution in [1.82, 2.24) is 10.0 Å². The van der Waals surface area contributed by atoms with E-state index in [1.165, 1.54) is 6.07 Å². The second-order valence-electron chi connectivity index (χ2n) is 5.38. The summed E-state index contributed by atoms with van der Waals surface area (Å²) in [6.07, 6.45) is 0.707. The van der Waals surface area contributed by atoms with Crippen LogP contribution >= 0.6 is 11.6 Å². The van der Waals surface area contributed by atoms with Crippen molar-refractivity contribution in [1.29, 1.82) is 0 Å². The Labute approximate surface area is 127 Å². The molecule has 0 saturated carbocycles. The smallest absolute Gasteiger partial charge is 0.241 e. The van der Waals surface area contributed by atoms with Crippen LogP contribution in [-0.2, 0) is 16.6 Å². The zero-order chi connectivity index (χ0) is 15.4. The first-order valence-electron chi connectivity index (χ1n) is 6.75. The molecule has 0 atom stereocenters. The van der Waals surface area contributed by atoms with Crippen molar-refractivity contribution in [3.05, 3.63) is 28.8 Å². The van der Waals surface area contributed by atoms with Crippen LogP contribution in [0.5, 0.6) is 0 Å². The Kier molecular flexibility index (Phi) is 6.01. The molecule has 0 saturated heterocycles. The van der Waals surface area contributed by atoms with Crippen LogP contribution in [0.25, 0.3) is 0 Å². The van der Waals surface area contributed by atoms with Gasteiger partial charge < -0.3 is 5.32 Å². The Bertz CT molecular complexity index is 556. The molecule has 0 bridgehead atoms. The van der Waals surface area contributed by atoms with Crippen LogP contribution in [0.1, 0.15) is 39.7 Å². The highest BCUT2D eigenvalue weighted by Gasteiger charge is 2.24. The fourth-order valence-corrected chi connectivity index (χ4v) is 3.41. The van der Waals surface area contributed by atoms with Crippen molar-refractivity contribution in [3.63, 3.8) is 0 Å². The molecule has 0 radical (unpaired) electrons. The third kappa shape index (κ3) is 4.74. The summed E-state index contributed by atoms with van der Waals surface area (Å²) >= 11 is 6.14. The average Bonchev–Trinajstić information content (AvgIpc) is 2.36. The van der Waals surface area contributed by atoms with Gasteiger partial charge in [0.15, 0.2) is 0 Å². The highest BCUT2D eigenvalue weighted by atomic mass is 35.5. The third-order valence-electron chi connectivity index (χ3n) is 3.19. The molecule has 0 aromatic heterocycles. The average molecular weight is 319 g/mol. The van der Waals surface area contributed by atoms with Crippen LogP contribution in [0.2, 0.25) is 5.02 Å². The lowest BCUT2D eigenvalue weighted by atomic mass is 10.0. The fraction of sp³-hybridized carbons (Fsp3) is 0.571. The van der Waals surface area contributed by atoms with E-state index in [4.69, 9.17) is 11.6 Å². The Morgan fingerprint density at radius 3 is 2.40 bits per heavy atom. The molecule has 0 amide bonds. The summed E-state index contributed by atoms with van der Waals surface area (Å²) in [6.45, 7) is 9.11. The van der Waals surface area contributed by atoms with Crippen LogP contribution in [0.3, 0.4) is 0 Å². The lowest BCUT2D eigenvalue weighted by molar-refractivity contribution is 0.439. The van der Waals surface area contributed by atoms with Crippen molar-refractivity contribution < 1.29 is 8.42 Å². The lowest BCUT2D eigenvalue weighted by Crippen LogP contribution is -2.42. The second-order valence-corrected chi connectivity index (χ2v) is 7.47. The first-order chi connectivity index (χ1) is 9.22. The SMILES string of the molecule is CCNCc1ccc(S(=O)(=O)NC(C)(C)CC)cc1Cl. The van der Waals surface area contributed by atoms with E-state index in [-0.39, 0.29) is 4.90 Å². The minimum atomic E-state index is -3.54. The van der Waals surface area contributed by atoms with Gasteiger partial charge in [-0.05, 0) is 44.5 Å². The number of nitrogens with one attached hydrogen (secondary N) is 2. The minimum Gasteiger partial charge on any atom is -0.313 e. The maximum absolute atomic E-state index is 12.3. The molecular formula is C14H23ClN2O2S. The largest absolute Gasteiger partial charge is 0.313 e. The maximum atomic E-state index is 12.3. The highest BCUT2D eigenvalue weighted by Crippen LogP contribution is 2.22. The summed E-state index contributed by atoms with van der Waals surface area (Å²) in [6, 6.07) is 4.84. The molecule has 0 fully saturated rings. The van der Waals surface area contributed by atoms with Gasteiger partial charge in [-0.3, -0.25) is 0 Å². The first-order valence-corrected chi connectivity index (χ1v) is 8.61. The number of benzene rings is 1. The van der Waals surface area contributed by atoms with E-state index in [0.29, 0.717) is 18.0 Å². The molecule has 1 aromatic rings. The molecule has 2 N–H and O–H groups in total. The van der Waals surface area contributed by atoms with Crippen LogP contribution in [0, 0.1) is 0 Å². The van der Waals surface area contributed by atoms with E-state index < -0.39 is 15.6 Å². The molecule has 0 unspecified atom stereocenters. The summed E-state index contributed by atoms with van der Waals surface area (Å²) < 4.78 is 27.3. The maximum Gasteiger partial charge on any atom is 0.241 e. The van der Waals surface area contributed by atoms with Gasteiger partial charge in [0, 0.05) is 17.1 Å². The van der Waals surface area contributed by atoms with Gasteiger partial charge in [0.2, 0.25) is 10.0 Å². The molecule has 0 heterocycles. The zero-order valence-electron chi connectivity index (χ0n) is 12.5. The van der Waals surface area contributed by atoms with Crippen molar-refractivity contribution in [3.8, 4) is 0 Å². The monoisotopic (exact) mass is 318 g/mol. The highest BCUT2D eigenvalue weighted by molar-refractivity contribution is 7.89. The fourth-order valence-electron chi connectivity index (χ4n) is 1.59. The van der Waals surface area contributed by atoms with Gasteiger partial charge in [-0.2, -0.15) is 0 Å². The van der Waals surface area contributed by atoms with E-state index in [0.717, 1.165) is 12.1 Å². The van der Waals surface area contributed by atoms with E-state index >= 15 is 0 Å². The van der Waals surface area contributed by atoms with Gasteiger partial charge in [-0.15, -0.1) is 0 Å². The van der Waals surface area contributed by atoms with Crippen molar-refractivity contribution in [2.75, 3.05) is 6.54 Å². The standard InChI is InChI=1S/C14H23ClN2O2S/c1-5-14(3,4)17-20(18,19)12-8-7-11(10-16-6-2)13(15)9-12/h7-9,16-17H,5-6,10H2,1-4H3. The number of hydrogen-bond donors (Lipinski definition) is 2. The Morgan fingerprint density at radius 2 is 1.90 bits per heavy atom. The van der Waals surface area contributed by atoms with Gasteiger partial charge in [0.25, 0.3) is 0 Å². The van der Waals surface area contributed by atoms with E-state index in [1.54, 1.807) is 12.1 Å². The van der Waals surface area contributed by atoms with Crippen LogP contribution in [-0.4, -0.2) is 20.5 Å². The number of sulfonamides is 1. The molecule has 114 valence electrons. The zero-order valence-corrected chi connectivity index (χ0v) is 14.0. The Morgan fingerprint density at radius 1 is 1.25 bits per heavy atom. The molecular weight excluding hydrogens is 296 g/mol. The van der Waals surface area contributed by atoms with Gasteiger partial charge in [0.1, 0.15) is 0 Å². The summed E-state index contributed by atoms with van der Waals surface area (Å²) in [5.74, 6) is 0. The molecule has 20 heavy (non-hydrogen) atoms. The van der Waals surface area contributed by atoms with E-state index in [9.17, 15) is 8.42 Å². The second kappa shape index (κ2) is 6.89. The number of hydrogen-bond acceptors (Lipinski definition) is 3. The van der Waals surface area contributed by atoms with E-state index in [1.807, 2.05) is 27.7 Å². The van der Waals surface area contributed by atoms with Gasteiger partial charge in [0.05, 0.1) is 4.90 Å². The Hall–Kier alpha value is -0.620. The molecule has 6 heteroatoms. The van der Waals surface area contributed by atoms with Crippen LogP contribution in [0.4, 0.5) is 0 Å². The van der Waals surface area contributed by atoms with Gasteiger partial charge in [-0.1, -0.05) is 31.5 Å². The predicted molar refractivity (Wildman–Crippen MR) is 83.5 cm³/mol. The quantitative estimate of drug-likeness (QED) is 0.812. The molecule has 1 aromatic carbocycles. The molecule has 4 nitrogen and oxygen atoms in total. The van der Waals surface area contributed by atoms with Crippen molar-refractivity contribution in [2.45, 2.75) is 51.1 Å². The number of halogens is 1. The molecule has 1 rings (SSSR count). The molecule has 0 spiro atoms. The van der Waals surface area contributed by atoms with Gasteiger partial charge >= 0.3 is 0 Å². The molecule has 0 aliphatic rings. The normalized spacial score (nSPS) is 12.7. The van der Waals surface area contributed by atoms with Crippen molar-refractivity contribution >= 4 is 21.6 Å². The van der Waals surface area contributed by atoms with Gasteiger partial charge in [-0.25, -0.2) is 13.1 Å². The van der Waals surface area contributed by atoms with Crippen LogP contribution < -0.4 is 10.0 Å². The number of rotatable bonds is 7. The lowest BCUT2D eigenvalue weighted by Gasteiger charge is -2.24. The molecule has 0 aliphatic carbocycles. The summed E-state index contributed by atoms with van der Waals surface area (Å²) in [7, 11) is -3.54. The van der Waals surface area contributed by atoms with Crippen molar-refractivity contribution in [2.24, 2.45) is 0 Å². The third-order valence-corrected chi connectivity index (χ3v) is 5.24. The van der Waals surface area contributed by atoms with E-state index in [2.05, 4.69) is 10.0 Å². The first kappa shape index (κ1) is 17.4. The summed E-state index contributed by atoms with van der Waals surface area (Å²) in [5.41, 5.74) is 0.413. The summed E-state index contributed by atoms with van der Waals surface area (Å²) in [4.78, 5) is 0.198. The summed E-state index contributed by atoms with van der Waals surface area (Å²) in [5, 5.41) is 3.62. The topological polar surface area (TPSA) is 58.2 Å².